The number of carbonyl (C=O) groups is 8. The molecule has 1 aromatic rings. The van der Waals surface area contributed by atoms with Gasteiger partial charge in [0.05, 0.1) is 184 Å². The Bertz CT molecular complexity index is 2160. The summed E-state index contributed by atoms with van der Waals surface area (Å²) >= 11 is 1.89. The molecule has 3 rings (SSSR count). The standard InChI is InChI=1S/C59H99N7O24S/c67-51(11-4-3-10-50-55-48(44-91-50)65-59(77)66-55)61-16-19-79-22-24-81-26-28-83-30-32-85-34-36-87-38-40-89-42-41-88-39-37-86-35-33-84-31-29-82-27-25-80-23-21-78-18-14-52(68)62-17-20-90-49-9-2-1-7-45(49)43-53(69)60-15-6-5-8-46(56(72)73)63-58(76)64-47(57(74)75)12-13-54(70)71/h1-2,7,9,46-48,50,55H,3-6,8,10-44H2,(H,60,69)(H,61,67)(H,62,68)(H,70,71)(H,72,73)(H,74,75)(H2,63,64,76)(H2,65,66,77)/t46-,47-,48-,50-,55-/m0/s1. The number of carboxylic acid groups (broad SMARTS) is 3. The van der Waals surface area contributed by atoms with Crippen molar-refractivity contribution in [3.63, 3.8) is 0 Å². The Morgan fingerprint density at radius 3 is 1.41 bits per heavy atom. The number of fused-ring (bicyclic) bond motifs is 1. The normalized spacial score (nSPS) is 15.6. The Morgan fingerprint density at radius 2 is 0.912 bits per heavy atom. The molecule has 10 N–H and O–H groups in total. The smallest absolute Gasteiger partial charge is 0.326 e. The third-order valence-electron chi connectivity index (χ3n) is 13.3. The SMILES string of the molecule is O=C(O)CC[C@H](NC(=O)N[C@@H](CCCCNC(=O)Cc1ccccc1OCCNC(=O)CCOCCOCCOCCOCCOCCOCCOCCOCCOCCOCCOCCOCCNC(=O)CCCC[C@@H]1SC[C@@H]2NC(=O)N[C@@H]21)C(=O)O)C(=O)O. The van der Waals surface area contributed by atoms with E-state index >= 15 is 0 Å². The molecular weight excluding hydrogens is 1220 g/mol. The first-order chi connectivity index (χ1) is 44.3. The van der Waals surface area contributed by atoms with Crippen molar-refractivity contribution in [3.05, 3.63) is 29.8 Å². The molecule has 2 heterocycles. The summed E-state index contributed by atoms with van der Waals surface area (Å²) in [6.45, 7) is 11.1. The molecule has 5 atom stereocenters. The molecule has 0 bridgehead atoms. The maximum absolute atomic E-state index is 12.7. The molecule has 91 heavy (non-hydrogen) atoms. The Kier molecular flexibility index (Phi) is 46.9. The van der Waals surface area contributed by atoms with Gasteiger partial charge in [0, 0.05) is 48.9 Å². The number of carbonyl (C=O) groups excluding carboxylic acids is 5. The van der Waals surface area contributed by atoms with E-state index < -0.39 is 42.4 Å². The van der Waals surface area contributed by atoms with Gasteiger partial charge in [-0.3, -0.25) is 19.2 Å². The number of rotatable bonds is 62. The monoisotopic (exact) mass is 1320 g/mol. The highest BCUT2D eigenvalue weighted by molar-refractivity contribution is 8.00. The quantitative estimate of drug-likeness (QED) is 0.0314. The van der Waals surface area contributed by atoms with Gasteiger partial charge in [0.15, 0.2) is 0 Å². The van der Waals surface area contributed by atoms with Gasteiger partial charge < -0.3 is 114 Å². The molecule has 31 nitrogen and oxygen atoms in total. The molecule has 1 aromatic carbocycles. The summed E-state index contributed by atoms with van der Waals surface area (Å²) in [7, 11) is 0. The van der Waals surface area contributed by atoms with Crippen LogP contribution in [0.25, 0.3) is 0 Å². The summed E-state index contributed by atoms with van der Waals surface area (Å²) in [5.41, 5.74) is 0.621. The summed E-state index contributed by atoms with van der Waals surface area (Å²) in [6, 6.07) is 3.41. The number of urea groups is 2. The van der Waals surface area contributed by atoms with Crippen molar-refractivity contribution in [3.8, 4) is 5.75 Å². The fraction of sp³-hybridized carbons (Fsp3) is 0.763. The Balaban J connectivity index is 0.955. The van der Waals surface area contributed by atoms with Gasteiger partial charge in [-0.25, -0.2) is 19.2 Å². The molecule has 0 aliphatic carbocycles. The van der Waals surface area contributed by atoms with Crippen molar-refractivity contribution >= 4 is 59.5 Å². The van der Waals surface area contributed by atoms with Crippen molar-refractivity contribution in [1.29, 1.82) is 0 Å². The van der Waals surface area contributed by atoms with E-state index in [1.54, 1.807) is 24.3 Å². The van der Waals surface area contributed by atoms with Crippen LogP contribution in [0.4, 0.5) is 9.59 Å². The number of ether oxygens (including phenoxy) is 13. The first-order valence-corrected chi connectivity index (χ1v) is 32.2. The second-order valence-corrected chi connectivity index (χ2v) is 21.7. The number of hydrogen-bond donors (Lipinski definition) is 10. The first-order valence-electron chi connectivity index (χ1n) is 31.2. The molecule has 32 heteroatoms. The lowest BCUT2D eigenvalue weighted by molar-refractivity contribution is -0.141. The van der Waals surface area contributed by atoms with Crippen molar-refractivity contribution in [2.24, 2.45) is 0 Å². The van der Waals surface area contributed by atoms with E-state index in [0.717, 1.165) is 25.0 Å². The van der Waals surface area contributed by atoms with Gasteiger partial charge in [0.2, 0.25) is 17.7 Å². The van der Waals surface area contributed by atoms with Gasteiger partial charge in [0.25, 0.3) is 0 Å². The Labute approximate surface area is 536 Å². The van der Waals surface area contributed by atoms with Crippen LogP contribution < -0.4 is 42.0 Å². The summed E-state index contributed by atoms with van der Waals surface area (Å²) in [4.78, 5) is 94.5. The highest BCUT2D eigenvalue weighted by Crippen LogP contribution is 2.33. The molecular formula is C59H99N7O24S. The van der Waals surface area contributed by atoms with Gasteiger partial charge in [-0.05, 0) is 44.6 Å². The summed E-state index contributed by atoms with van der Waals surface area (Å²) < 4.78 is 72.0. The molecule has 0 unspecified atom stereocenters. The van der Waals surface area contributed by atoms with Crippen LogP contribution in [0, 0.1) is 0 Å². The fourth-order valence-electron chi connectivity index (χ4n) is 8.62. The average Bonchev–Trinajstić information content (AvgIpc) is 1.83. The number of thioether (sulfide) groups is 1. The lowest BCUT2D eigenvalue weighted by Gasteiger charge is -2.18. The van der Waals surface area contributed by atoms with E-state index in [2.05, 4.69) is 37.2 Å². The second-order valence-electron chi connectivity index (χ2n) is 20.5. The number of carboxylic acids is 3. The molecule has 0 spiro atoms. The van der Waals surface area contributed by atoms with Crippen molar-refractivity contribution < 1.29 is 115 Å². The van der Waals surface area contributed by atoms with Crippen molar-refractivity contribution in [2.45, 2.75) is 100 Å². The number of hydrogen-bond acceptors (Lipinski definition) is 22. The number of para-hydroxylation sites is 1. The Hall–Kier alpha value is -5.75. The van der Waals surface area contributed by atoms with E-state index in [0.29, 0.717) is 194 Å². The molecule has 2 aliphatic rings. The molecule has 520 valence electrons. The third-order valence-corrected chi connectivity index (χ3v) is 14.8. The van der Waals surface area contributed by atoms with Crippen LogP contribution in [0.1, 0.15) is 69.8 Å². The van der Waals surface area contributed by atoms with Gasteiger partial charge in [0.1, 0.15) is 24.4 Å². The zero-order valence-corrected chi connectivity index (χ0v) is 53.1. The predicted octanol–water partition coefficient (Wildman–Crippen LogP) is 0.512. The van der Waals surface area contributed by atoms with E-state index in [9.17, 15) is 48.6 Å². The first kappa shape index (κ1) is 79.5. The second kappa shape index (κ2) is 53.7. The van der Waals surface area contributed by atoms with Gasteiger partial charge in [-0.2, -0.15) is 11.8 Å². The lowest BCUT2D eigenvalue weighted by Crippen LogP contribution is -2.51. The molecule has 0 radical (unpaired) electrons. The highest BCUT2D eigenvalue weighted by atomic mass is 32.2. The van der Waals surface area contributed by atoms with Crippen LogP contribution in [0.5, 0.6) is 5.75 Å². The molecule has 2 saturated heterocycles. The number of nitrogens with one attached hydrogen (secondary N) is 7. The fourth-order valence-corrected chi connectivity index (χ4v) is 10.2. The minimum atomic E-state index is -1.51. The highest BCUT2D eigenvalue weighted by Gasteiger charge is 2.42. The largest absolute Gasteiger partial charge is 0.491 e. The van der Waals surface area contributed by atoms with Gasteiger partial charge in [-0.1, -0.05) is 24.6 Å². The Morgan fingerprint density at radius 1 is 0.473 bits per heavy atom. The molecule has 7 amide bonds. The van der Waals surface area contributed by atoms with Crippen LogP contribution >= 0.6 is 11.8 Å². The predicted molar refractivity (Wildman–Crippen MR) is 328 cm³/mol. The number of unbranched alkanes of at least 4 members (excludes halogenated alkanes) is 2. The van der Waals surface area contributed by atoms with Crippen LogP contribution in [0.2, 0.25) is 0 Å². The van der Waals surface area contributed by atoms with Crippen LogP contribution in [-0.2, 0) is 92.0 Å². The van der Waals surface area contributed by atoms with E-state index in [-0.39, 0.29) is 87.8 Å². The topological polar surface area (TPSA) is 401 Å². The summed E-state index contributed by atoms with van der Waals surface area (Å²) in [5, 5.41) is 46.5. The maximum Gasteiger partial charge on any atom is 0.326 e. The van der Waals surface area contributed by atoms with Crippen LogP contribution in [0.15, 0.2) is 24.3 Å². The molecule has 2 aliphatic heterocycles. The summed E-state index contributed by atoms with van der Waals surface area (Å²) in [6.07, 6.45) is 3.21. The van der Waals surface area contributed by atoms with E-state index in [1.807, 2.05) is 11.8 Å². The van der Waals surface area contributed by atoms with Gasteiger partial charge >= 0.3 is 30.0 Å². The molecule has 0 aromatic heterocycles. The maximum atomic E-state index is 12.7. The minimum absolute atomic E-state index is 0.00400. The van der Waals surface area contributed by atoms with Crippen molar-refractivity contribution in [2.75, 3.05) is 191 Å². The number of aliphatic carboxylic acids is 3. The number of amides is 7. The average molecular weight is 1320 g/mol. The van der Waals surface area contributed by atoms with Crippen LogP contribution in [0.3, 0.4) is 0 Å². The zero-order chi connectivity index (χ0) is 65.6. The van der Waals surface area contributed by atoms with E-state index in [1.165, 1.54) is 0 Å². The lowest BCUT2D eigenvalue weighted by atomic mass is 10.0. The van der Waals surface area contributed by atoms with Crippen molar-refractivity contribution in [1.82, 2.24) is 37.2 Å². The van der Waals surface area contributed by atoms with Crippen LogP contribution in [-0.4, -0.2) is 283 Å². The molecule has 0 saturated carbocycles. The molecule has 2 fully saturated rings. The zero-order valence-electron chi connectivity index (χ0n) is 52.3. The minimum Gasteiger partial charge on any atom is -0.491 e. The third kappa shape index (κ3) is 42.9. The van der Waals surface area contributed by atoms with E-state index in [4.69, 9.17) is 66.7 Å². The van der Waals surface area contributed by atoms with Gasteiger partial charge in [-0.15, -0.1) is 0 Å². The number of benzene rings is 1. The summed E-state index contributed by atoms with van der Waals surface area (Å²) in [5.74, 6) is -3.12.